The van der Waals surface area contributed by atoms with Crippen LogP contribution in [-0.2, 0) is 6.54 Å². The van der Waals surface area contributed by atoms with Crippen LogP contribution in [0.25, 0.3) is 5.69 Å². The van der Waals surface area contributed by atoms with E-state index in [-0.39, 0.29) is 5.91 Å². The highest BCUT2D eigenvalue weighted by Crippen LogP contribution is 2.20. The zero-order valence-corrected chi connectivity index (χ0v) is 16.5. The van der Waals surface area contributed by atoms with Crippen LogP contribution in [0, 0.1) is 13.8 Å². The lowest BCUT2D eigenvalue weighted by Crippen LogP contribution is -2.23. The molecule has 0 unspecified atom stereocenters. The van der Waals surface area contributed by atoms with Crippen LogP contribution in [0.1, 0.15) is 47.3 Å². The van der Waals surface area contributed by atoms with Crippen LogP contribution in [0.2, 0.25) is 0 Å². The molecule has 0 aliphatic carbocycles. The van der Waals surface area contributed by atoms with Gasteiger partial charge in [-0.15, -0.1) is 0 Å². The Morgan fingerprint density at radius 3 is 2.48 bits per heavy atom. The minimum Gasteiger partial charge on any atom is -0.497 e. The van der Waals surface area contributed by atoms with E-state index in [1.165, 1.54) is 0 Å². The largest absolute Gasteiger partial charge is 0.497 e. The summed E-state index contributed by atoms with van der Waals surface area (Å²) < 4.78 is 9.13. The maximum absolute atomic E-state index is 12.6. The number of ether oxygens (including phenoxy) is 1. The fourth-order valence-corrected chi connectivity index (χ4v) is 3.40. The molecule has 2 aromatic heterocycles. The molecule has 0 saturated heterocycles. The first-order chi connectivity index (χ1) is 12.9. The smallest absolute Gasteiger partial charge is 0.253 e. The predicted molar refractivity (Wildman–Crippen MR) is 106 cm³/mol. The molecule has 0 spiro atoms. The summed E-state index contributed by atoms with van der Waals surface area (Å²) in [5.74, 6) is 0.728. The number of nitrogens with one attached hydrogen (secondary N) is 1. The van der Waals surface area contributed by atoms with Crippen molar-refractivity contribution in [3.63, 3.8) is 0 Å². The Kier molecular flexibility index (Phi) is 5.35. The fourth-order valence-electron chi connectivity index (χ4n) is 3.40. The van der Waals surface area contributed by atoms with E-state index in [0.29, 0.717) is 12.6 Å². The van der Waals surface area contributed by atoms with Gasteiger partial charge in [0.2, 0.25) is 0 Å². The Morgan fingerprint density at radius 2 is 1.89 bits per heavy atom. The maximum Gasteiger partial charge on any atom is 0.253 e. The first-order valence-corrected chi connectivity index (χ1v) is 9.06. The lowest BCUT2D eigenvalue weighted by Gasteiger charge is -2.13. The van der Waals surface area contributed by atoms with E-state index >= 15 is 0 Å². The van der Waals surface area contributed by atoms with Crippen LogP contribution in [-0.4, -0.2) is 27.4 Å². The highest BCUT2D eigenvalue weighted by atomic mass is 16.5. The van der Waals surface area contributed by atoms with Gasteiger partial charge in [0, 0.05) is 23.6 Å². The van der Waals surface area contributed by atoms with Gasteiger partial charge >= 0.3 is 0 Å². The van der Waals surface area contributed by atoms with Crippen LogP contribution in [0.4, 0.5) is 0 Å². The van der Waals surface area contributed by atoms with Crippen LogP contribution in [0.3, 0.4) is 0 Å². The highest BCUT2D eigenvalue weighted by Gasteiger charge is 2.17. The number of hydrogen-bond acceptors (Lipinski definition) is 3. The number of carbonyl (C=O) groups is 1. The molecule has 27 heavy (non-hydrogen) atoms. The molecular weight excluding hydrogens is 340 g/mol. The third kappa shape index (κ3) is 3.89. The Balaban J connectivity index is 1.68. The molecule has 3 rings (SSSR count). The lowest BCUT2D eigenvalue weighted by molar-refractivity contribution is 0.0949. The molecule has 1 aromatic carbocycles. The molecule has 0 saturated carbocycles. The van der Waals surface area contributed by atoms with E-state index in [1.54, 1.807) is 11.8 Å². The number of hydrogen-bond donors (Lipinski definition) is 1. The second-order valence-corrected chi connectivity index (χ2v) is 6.88. The number of aromatic nitrogens is 3. The molecule has 6 heteroatoms. The molecule has 1 amide bonds. The van der Waals surface area contributed by atoms with Gasteiger partial charge in [-0.1, -0.05) is 0 Å². The van der Waals surface area contributed by atoms with Gasteiger partial charge in [0.1, 0.15) is 5.75 Å². The molecule has 0 aliphatic rings. The Morgan fingerprint density at radius 1 is 1.19 bits per heavy atom. The van der Waals surface area contributed by atoms with Crippen LogP contribution < -0.4 is 10.1 Å². The number of amides is 1. The summed E-state index contributed by atoms with van der Waals surface area (Å²) in [5.41, 5.74) is 4.54. The van der Waals surface area contributed by atoms with Gasteiger partial charge in [-0.3, -0.25) is 4.79 Å². The van der Waals surface area contributed by atoms with E-state index in [0.717, 1.165) is 34.1 Å². The predicted octanol–water partition coefficient (Wildman–Crippen LogP) is 3.81. The number of rotatable bonds is 6. The Labute approximate surface area is 159 Å². The Bertz CT molecular complexity index is 936. The summed E-state index contributed by atoms with van der Waals surface area (Å²) >= 11 is 0. The van der Waals surface area contributed by atoms with Gasteiger partial charge in [0.05, 0.1) is 30.6 Å². The quantitative estimate of drug-likeness (QED) is 0.722. The molecule has 0 radical (unpaired) electrons. The van der Waals surface area contributed by atoms with Crippen molar-refractivity contribution >= 4 is 5.91 Å². The van der Waals surface area contributed by atoms with Crippen molar-refractivity contribution < 1.29 is 9.53 Å². The normalized spacial score (nSPS) is 11.0. The minimum absolute atomic E-state index is 0.0750. The first kappa shape index (κ1) is 18.8. The van der Waals surface area contributed by atoms with Gasteiger partial charge in [0.25, 0.3) is 5.91 Å². The van der Waals surface area contributed by atoms with Crippen molar-refractivity contribution in [3.05, 3.63) is 65.2 Å². The lowest BCUT2D eigenvalue weighted by atomic mass is 10.2. The van der Waals surface area contributed by atoms with Crippen molar-refractivity contribution in [2.45, 2.75) is 40.3 Å². The molecule has 142 valence electrons. The third-order valence-electron chi connectivity index (χ3n) is 4.66. The van der Waals surface area contributed by atoms with Gasteiger partial charge in [0.15, 0.2) is 0 Å². The number of aryl methyl sites for hydroxylation is 1. The SMILES string of the molecule is COc1ccc(-n2ccc(CNC(=O)c3cc(C)n(C(C)C)c3C)n2)cc1. The van der Waals surface area contributed by atoms with Crippen LogP contribution in [0.5, 0.6) is 5.75 Å². The standard InChI is InChI=1S/C21H26N4O2/c1-14(2)25-15(3)12-20(16(25)4)21(26)22-13-17-10-11-24(23-17)18-6-8-19(27-5)9-7-18/h6-12,14H,13H2,1-5H3,(H,22,26). The van der Waals surface area contributed by atoms with Crippen molar-refractivity contribution in [3.8, 4) is 11.4 Å². The van der Waals surface area contributed by atoms with Gasteiger partial charge in [-0.25, -0.2) is 4.68 Å². The zero-order valence-electron chi connectivity index (χ0n) is 16.5. The van der Waals surface area contributed by atoms with Crippen LogP contribution >= 0.6 is 0 Å². The summed E-state index contributed by atoms with van der Waals surface area (Å²) in [4.78, 5) is 12.6. The topological polar surface area (TPSA) is 61.1 Å². The summed E-state index contributed by atoms with van der Waals surface area (Å²) in [5, 5.41) is 7.50. The van der Waals surface area contributed by atoms with E-state index in [9.17, 15) is 4.79 Å². The van der Waals surface area contributed by atoms with Crippen molar-refractivity contribution in [1.82, 2.24) is 19.7 Å². The number of benzene rings is 1. The fraction of sp³-hybridized carbons (Fsp3) is 0.333. The number of carbonyl (C=O) groups excluding carboxylic acids is 1. The second kappa shape index (κ2) is 7.70. The molecule has 0 atom stereocenters. The summed E-state index contributed by atoms with van der Waals surface area (Å²) in [6.45, 7) is 8.63. The van der Waals surface area contributed by atoms with Crippen molar-refractivity contribution in [1.29, 1.82) is 0 Å². The van der Waals surface area contributed by atoms with Gasteiger partial charge in [-0.05, 0) is 64.1 Å². The van der Waals surface area contributed by atoms with E-state index in [1.807, 2.05) is 56.4 Å². The zero-order chi connectivity index (χ0) is 19.6. The summed E-state index contributed by atoms with van der Waals surface area (Å²) in [6.07, 6.45) is 1.88. The second-order valence-electron chi connectivity index (χ2n) is 6.88. The highest BCUT2D eigenvalue weighted by molar-refractivity contribution is 5.95. The average molecular weight is 366 g/mol. The van der Waals surface area contributed by atoms with Crippen molar-refractivity contribution in [2.75, 3.05) is 7.11 Å². The van der Waals surface area contributed by atoms with Crippen molar-refractivity contribution in [2.24, 2.45) is 0 Å². The van der Waals surface area contributed by atoms with E-state index in [4.69, 9.17) is 4.74 Å². The summed E-state index contributed by atoms with van der Waals surface area (Å²) in [6, 6.07) is 11.8. The maximum atomic E-state index is 12.6. The summed E-state index contributed by atoms with van der Waals surface area (Å²) in [7, 11) is 1.64. The molecule has 0 fully saturated rings. The molecular formula is C21H26N4O2. The number of nitrogens with zero attached hydrogens (tertiary/aromatic N) is 3. The molecule has 0 aliphatic heterocycles. The molecule has 3 aromatic rings. The Hall–Kier alpha value is -3.02. The molecule has 6 nitrogen and oxygen atoms in total. The van der Waals surface area contributed by atoms with Crippen LogP contribution in [0.15, 0.2) is 42.6 Å². The molecule has 2 heterocycles. The third-order valence-corrected chi connectivity index (χ3v) is 4.66. The van der Waals surface area contributed by atoms with Gasteiger partial charge in [-0.2, -0.15) is 5.10 Å². The first-order valence-electron chi connectivity index (χ1n) is 9.06. The average Bonchev–Trinajstić information content (AvgIpc) is 3.24. The molecule has 0 bridgehead atoms. The monoisotopic (exact) mass is 366 g/mol. The van der Waals surface area contributed by atoms with E-state index < -0.39 is 0 Å². The van der Waals surface area contributed by atoms with Gasteiger partial charge < -0.3 is 14.6 Å². The molecule has 1 N–H and O–H groups in total. The minimum atomic E-state index is -0.0750. The van der Waals surface area contributed by atoms with E-state index in [2.05, 4.69) is 28.8 Å². The number of methoxy groups -OCH3 is 1.